The van der Waals surface area contributed by atoms with Crippen molar-refractivity contribution >= 4 is 30.2 Å². The van der Waals surface area contributed by atoms with E-state index in [2.05, 4.69) is 0 Å². The highest BCUT2D eigenvalue weighted by Gasteiger charge is 1.88. The van der Waals surface area contributed by atoms with Gasteiger partial charge in [0, 0.05) is 29.9 Å². The molecule has 24 heavy (non-hydrogen) atoms. The molecule has 0 atom stereocenters. The van der Waals surface area contributed by atoms with Crippen molar-refractivity contribution in [3.63, 3.8) is 0 Å². The van der Waals surface area contributed by atoms with E-state index in [4.69, 9.17) is 20.4 Å². The molecule has 0 fully saturated rings. The van der Waals surface area contributed by atoms with Crippen LogP contribution in [0.3, 0.4) is 0 Å². The minimum absolute atomic E-state index is 0.558. The zero-order valence-corrected chi connectivity index (χ0v) is 12.1. The fourth-order valence-electron chi connectivity index (χ4n) is 0.817. The first-order valence-electron chi connectivity index (χ1n) is 5.97. The van der Waals surface area contributed by atoms with Crippen LogP contribution < -0.4 is 0 Å². The van der Waals surface area contributed by atoms with Gasteiger partial charge in [0.25, 0.3) is 0 Å². The Morgan fingerprint density at radius 3 is 1.08 bits per heavy atom. The van der Waals surface area contributed by atoms with Crippen molar-refractivity contribution in [3.05, 3.63) is 60.2 Å². The zero-order chi connectivity index (χ0) is 19.0. The van der Waals surface area contributed by atoms with Gasteiger partial charge >= 0.3 is 23.9 Å². The first-order chi connectivity index (χ1) is 11.2. The van der Waals surface area contributed by atoms with Crippen molar-refractivity contribution in [1.29, 1.82) is 0 Å². The molecule has 1 aromatic rings. The summed E-state index contributed by atoms with van der Waals surface area (Å²) in [5.74, 6) is -5.03. The normalized spacial score (nSPS) is 9.17. The Kier molecular flexibility index (Phi) is 13.3. The number of benzene rings is 1. The molecule has 0 spiro atoms. The summed E-state index contributed by atoms with van der Waals surface area (Å²) >= 11 is 0. The SMILES string of the molecule is O=C(O)/C=C\C(=O)O.O=C(O)/C=C\C(=O)O.O=Cc1ccccc1. The number of carbonyl (C=O) groups is 5. The number of aldehydes is 1. The molecule has 0 unspecified atom stereocenters. The van der Waals surface area contributed by atoms with Crippen LogP contribution >= 0.6 is 0 Å². The van der Waals surface area contributed by atoms with Gasteiger partial charge in [0.1, 0.15) is 6.29 Å². The Bertz CT molecular complexity index is 549. The van der Waals surface area contributed by atoms with Crippen LogP contribution in [0.1, 0.15) is 10.4 Å². The number of hydrogen-bond donors (Lipinski definition) is 4. The van der Waals surface area contributed by atoms with Crippen LogP contribution in [-0.4, -0.2) is 50.6 Å². The van der Waals surface area contributed by atoms with Crippen molar-refractivity contribution in [2.45, 2.75) is 0 Å². The van der Waals surface area contributed by atoms with Crippen molar-refractivity contribution in [2.75, 3.05) is 0 Å². The summed E-state index contributed by atoms with van der Waals surface area (Å²) in [4.78, 5) is 48.2. The number of carboxylic acid groups (broad SMARTS) is 4. The van der Waals surface area contributed by atoms with E-state index in [1.165, 1.54) is 0 Å². The van der Waals surface area contributed by atoms with Gasteiger partial charge in [-0.25, -0.2) is 19.2 Å². The van der Waals surface area contributed by atoms with Crippen LogP contribution in [0, 0.1) is 0 Å². The largest absolute Gasteiger partial charge is 0.478 e. The second-order valence-electron chi connectivity index (χ2n) is 3.55. The van der Waals surface area contributed by atoms with Gasteiger partial charge in [-0.15, -0.1) is 0 Å². The molecule has 0 bridgehead atoms. The number of rotatable bonds is 5. The highest BCUT2D eigenvalue weighted by atomic mass is 16.4. The smallest absolute Gasteiger partial charge is 0.328 e. The Balaban J connectivity index is 0. The van der Waals surface area contributed by atoms with Gasteiger partial charge in [0.2, 0.25) is 0 Å². The molecule has 1 rings (SSSR count). The molecule has 0 aliphatic heterocycles. The molecule has 0 saturated carbocycles. The van der Waals surface area contributed by atoms with Gasteiger partial charge in [0.15, 0.2) is 0 Å². The fourth-order valence-corrected chi connectivity index (χ4v) is 0.817. The molecule has 4 N–H and O–H groups in total. The van der Waals surface area contributed by atoms with E-state index in [9.17, 15) is 24.0 Å². The van der Waals surface area contributed by atoms with Gasteiger partial charge in [-0.2, -0.15) is 0 Å². The minimum Gasteiger partial charge on any atom is -0.478 e. The predicted octanol–water partition coefficient (Wildman–Crippen LogP) is 0.923. The average molecular weight is 338 g/mol. The predicted molar refractivity (Wildman–Crippen MR) is 80.7 cm³/mol. The van der Waals surface area contributed by atoms with E-state index in [1.54, 1.807) is 12.1 Å². The first kappa shape index (κ1) is 22.5. The monoisotopic (exact) mass is 338 g/mol. The lowest BCUT2D eigenvalue weighted by atomic mass is 10.2. The third kappa shape index (κ3) is 20.6. The molecule has 9 heteroatoms. The van der Waals surface area contributed by atoms with E-state index in [1.807, 2.05) is 18.2 Å². The molecule has 0 aliphatic rings. The maximum atomic E-state index is 10.0. The van der Waals surface area contributed by atoms with Crippen molar-refractivity contribution in [3.8, 4) is 0 Å². The van der Waals surface area contributed by atoms with Gasteiger partial charge in [-0.3, -0.25) is 4.79 Å². The van der Waals surface area contributed by atoms with Gasteiger partial charge < -0.3 is 20.4 Å². The van der Waals surface area contributed by atoms with Gasteiger partial charge in [-0.1, -0.05) is 30.3 Å². The van der Waals surface area contributed by atoms with Crippen LogP contribution in [0.2, 0.25) is 0 Å². The van der Waals surface area contributed by atoms with E-state index >= 15 is 0 Å². The highest BCUT2D eigenvalue weighted by molar-refractivity contribution is 5.90. The molecular weight excluding hydrogens is 324 g/mol. The fraction of sp³-hybridized carbons (Fsp3) is 0. The summed E-state index contributed by atoms with van der Waals surface area (Å²) in [5, 5.41) is 31.2. The van der Waals surface area contributed by atoms with Crippen LogP contribution in [0.15, 0.2) is 54.6 Å². The Hall–Kier alpha value is -3.75. The number of carboxylic acids is 4. The standard InChI is InChI=1S/C7H6O.2C4H4O4/c8-6-7-4-2-1-3-5-7;2*5-3(6)1-2-4(7)8/h1-6H;2*1-2H,(H,5,6)(H,7,8)/b;2*2-1-. The van der Waals surface area contributed by atoms with Crippen LogP contribution in [-0.2, 0) is 19.2 Å². The molecule has 0 saturated heterocycles. The molecule has 0 aliphatic carbocycles. The van der Waals surface area contributed by atoms with Gasteiger partial charge in [0.05, 0.1) is 0 Å². The first-order valence-corrected chi connectivity index (χ1v) is 5.97. The lowest BCUT2D eigenvalue weighted by Gasteiger charge is -1.81. The summed E-state index contributed by atoms with van der Waals surface area (Å²) < 4.78 is 0. The summed E-state index contributed by atoms with van der Waals surface area (Å²) in [6.45, 7) is 0. The lowest BCUT2D eigenvalue weighted by Crippen LogP contribution is -1.91. The van der Waals surface area contributed by atoms with Crippen molar-refractivity contribution in [2.24, 2.45) is 0 Å². The van der Waals surface area contributed by atoms with Crippen LogP contribution in [0.25, 0.3) is 0 Å². The van der Waals surface area contributed by atoms with E-state index < -0.39 is 23.9 Å². The molecule has 0 aromatic heterocycles. The maximum absolute atomic E-state index is 10.0. The average Bonchev–Trinajstić information content (AvgIpc) is 2.53. The van der Waals surface area contributed by atoms with Crippen molar-refractivity contribution in [1.82, 2.24) is 0 Å². The molecule has 0 amide bonds. The third-order valence-corrected chi connectivity index (χ3v) is 1.67. The van der Waals surface area contributed by atoms with E-state index in [0.29, 0.717) is 24.3 Å². The van der Waals surface area contributed by atoms with Crippen LogP contribution in [0.4, 0.5) is 0 Å². The quantitative estimate of drug-likeness (QED) is 0.451. The topological polar surface area (TPSA) is 166 Å². The number of carbonyl (C=O) groups excluding carboxylic acids is 1. The molecule has 1 aromatic carbocycles. The van der Waals surface area contributed by atoms with Crippen molar-refractivity contribution < 1.29 is 44.4 Å². The lowest BCUT2D eigenvalue weighted by molar-refractivity contribution is -0.134. The highest BCUT2D eigenvalue weighted by Crippen LogP contribution is 1.91. The summed E-state index contributed by atoms with van der Waals surface area (Å²) in [6.07, 6.45) is 3.06. The molecule has 9 nitrogen and oxygen atoms in total. The zero-order valence-electron chi connectivity index (χ0n) is 12.1. The molecule has 0 radical (unpaired) electrons. The second kappa shape index (κ2) is 14.2. The van der Waals surface area contributed by atoms with Crippen LogP contribution in [0.5, 0.6) is 0 Å². The summed E-state index contributed by atoms with van der Waals surface area (Å²) in [6, 6.07) is 9.10. The molecule has 0 heterocycles. The third-order valence-electron chi connectivity index (χ3n) is 1.67. The van der Waals surface area contributed by atoms with E-state index in [-0.39, 0.29) is 0 Å². The van der Waals surface area contributed by atoms with E-state index in [0.717, 1.165) is 11.8 Å². The second-order valence-corrected chi connectivity index (χ2v) is 3.55. The number of aliphatic carboxylic acids is 4. The minimum atomic E-state index is -1.26. The number of hydrogen-bond acceptors (Lipinski definition) is 5. The Morgan fingerprint density at radius 2 is 0.917 bits per heavy atom. The Labute approximate surface area is 135 Å². The molecule has 128 valence electrons. The Morgan fingerprint density at radius 1 is 0.625 bits per heavy atom. The molecular formula is C15H14O9. The summed E-state index contributed by atoms with van der Waals surface area (Å²) in [5.41, 5.74) is 0.729. The summed E-state index contributed by atoms with van der Waals surface area (Å²) in [7, 11) is 0. The van der Waals surface area contributed by atoms with Gasteiger partial charge in [-0.05, 0) is 0 Å². The maximum Gasteiger partial charge on any atom is 0.328 e.